The summed E-state index contributed by atoms with van der Waals surface area (Å²) in [4.78, 5) is 22.8. The van der Waals surface area contributed by atoms with Gasteiger partial charge in [0, 0.05) is 12.6 Å². The Balaban J connectivity index is 2.34. The number of hydrogen-bond donors (Lipinski definition) is 3. The van der Waals surface area contributed by atoms with Gasteiger partial charge in [-0.15, -0.1) is 0 Å². The number of urea groups is 1. The van der Waals surface area contributed by atoms with E-state index in [-0.39, 0.29) is 24.0 Å². The molecule has 0 aliphatic heterocycles. The van der Waals surface area contributed by atoms with Crippen molar-refractivity contribution in [3.63, 3.8) is 0 Å². The van der Waals surface area contributed by atoms with E-state index in [0.29, 0.717) is 12.3 Å². The number of carboxylic acid groups (broad SMARTS) is 1. The summed E-state index contributed by atoms with van der Waals surface area (Å²) in [7, 11) is 0. The van der Waals surface area contributed by atoms with E-state index < -0.39 is 11.9 Å². The summed E-state index contributed by atoms with van der Waals surface area (Å²) in [5.41, 5.74) is -0.0669. The average molecular weight is 270 g/mol. The fourth-order valence-electron chi connectivity index (χ4n) is 2.17. The van der Waals surface area contributed by atoms with Crippen molar-refractivity contribution in [2.24, 2.45) is 17.3 Å². The van der Waals surface area contributed by atoms with E-state index in [1.165, 1.54) is 12.8 Å². The van der Waals surface area contributed by atoms with Gasteiger partial charge in [0.05, 0.1) is 5.92 Å². The van der Waals surface area contributed by atoms with E-state index in [0.717, 1.165) is 0 Å². The maximum absolute atomic E-state index is 11.7. The van der Waals surface area contributed by atoms with Gasteiger partial charge in [0.2, 0.25) is 0 Å². The summed E-state index contributed by atoms with van der Waals surface area (Å²) >= 11 is 0. The number of rotatable bonds is 6. The van der Waals surface area contributed by atoms with Gasteiger partial charge in [-0.25, -0.2) is 4.79 Å². The minimum absolute atomic E-state index is 0.0669. The Morgan fingerprint density at radius 3 is 2.32 bits per heavy atom. The first kappa shape index (κ1) is 15.8. The van der Waals surface area contributed by atoms with Gasteiger partial charge < -0.3 is 15.7 Å². The first-order valence-corrected chi connectivity index (χ1v) is 6.96. The monoisotopic (exact) mass is 270 g/mol. The number of amides is 2. The average Bonchev–Trinajstić information content (AvgIpc) is 3.05. The van der Waals surface area contributed by atoms with Gasteiger partial charge >= 0.3 is 12.0 Å². The fraction of sp³-hybridized carbons (Fsp3) is 0.857. The molecule has 2 amide bonds. The van der Waals surface area contributed by atoms with E-state index in [1.54, 1.807) is 0 Å². The first-order valence-electron chi connectivity index (χ1n) is 6.96. The van der Waals surface area contributed by atoms with Gasteiger partial charge in [-0.1, -0.05) is 20.8 Å². The van der Waals surface area contributed by atoms with Crippen molar-refractivity contribution in [1.29, 1.82) is 0 Å². The minimum atomic E-state index is -0.856. The third kappa shape index (κ3) is 6.45. The van der Waals surface area contributed by atoms with Crippen LogP contribution >= 0.6 is 0 Å². The number of carboxylic acids is 1. The molecule has 1 rings (SSSR count). The molecule has 2 unspecified atom stereocenters. The summed E-state index contributed by atoms with van der Waals surface area (Å²) < 4.78 is 0. The predicted octanol–water partition coefficient (Wildman–Crippen LogP) is 2.22. The van der Waals surface area contributed by atoms with Crippen LogP contribution in [0, 0.1) is 17.3 Å². The summed E-state index contributed by atoms with van der Waals surface area (Å²) in [6.45, 7) is 8.16. The Kier molecular flexibility index (Phi) is 5.20. The van der Waals surface area contributed by atoms with Crippen LogP contribution in [-0.2, 0) is 4.79 Å². The van der Waals surface area contributed by atoms with Crippen LogP contribution in [-0.4, -0.2) is 29.7 Å². The summed E-state index contributed by atoms with van der Waals surface area (Å²) in [5.74, 6) is -0.803. The molecule has 0 bridgehead atoms. The van der Waals surface area contributed by atoms with Crippen molar-refractivity contribution in [2.75, 3.05) is 6.54 Å². The highest BCUT2D eigenvalue weighted by Crippen LogP contribution is 2.32. The molecule has 0 radical (unpaired) electrons. The molecule has 0 aromatic rings. The molecule has 1 fully saturated rings. The van der Waals surface area contributed by atoms with Crippen molar-refractivity contribution in [1.82, 2.24) is 10.6 Å². The normalized spacial score (nSPS) is 18.5. The molecule has 0 aromatic heterocycles. The van der Waals surface area contributed by atoms with Crippen molar-refractivity contribution in [3.8, 4) is 0 Å². The lowest BCUT2D eigenvalue weighted by molar-refractivity contribution is -0.142. The third-order valence-corrected chi connectivity index (χ3v) is 3.40. The van der Waals surface area contributed by atoms with E-state index in [9.17, 15) is 9.59 Å². The van der Waals surface area contributed by atoms with Crippen LogP contribution in [0.2, 0.25) is 0 Å². The zero-order valence-corrected chi connectivity index (χ0v) is 12.3. The molecular weight excluding hydrogens is 244 g/mol. The highest BCUT2D eigenvalue weighted by Gasteiger charge is 2.29. The molecule has 19 heavy (non-hydrogen) atoms. The minimum Gasteiger partial charge on any atom is -0.481 e. The first-order chi connectivity index (χ1) is 8.69. The van der Waals surface area contributed by atoms with Crippen LogP contribution in [0.15, 0.2) is 0 Å². The lowest BCUT2D eigenvalue weighted by Crippen LogP contribution is -2.44. The van der Waals surface area contributed by atoms with Gasteiger partial charge in [0.15, 0.2) is 0 Å². The molecule has 0 saturated heterocycles. The largest absolute Gasteiger partial charge is 0.481 e. The Morgan fingerprint density at radius 1 is 1.32 bits per heavy atom. The van der Waals surface area contributed by atoms with Crippen LogP contribution in [0.1, 0.15) is 47.0 Å². The van der Waals surface area contributed by atoms with Crippen molar-refractivity contribution >= 4 is 12.0 Å². The quantitative estimate of drug-likeness (QED) is 0.692. The van der Waals surface area contributed by atoms with Gasteiger partial charge in [0.1, 0.15) is 0 Å². The maximum atomic E-state index is 11.7. The highest BCUT2D eigenvalue weighted by atomic mass is 16.4. The lowest BCUT2D eigenvalue weighted by atomic mass is 9.84. The smallest absolute Gasteiger partial charge is 0.315 e. The Morgan fingerprint density at radius 2 is 1.89 bits per heavy atom. The lowest BCUT2D eigenvalue weighted by Gasteiger charge is -2.23. The van der Waals surface area contributed by atoms with E-state index in [4.69, 9.17) is 5.11 Å². The zero-order valence-electron chi connectivity index (χ0n) is 12.3. The van der Waals surface area contributed by atoms with Crippen LogP contribution in [0.3, 0.4) is 0 Å². The molecule has 3 N–H and O–H groups in total. The molecule has 0 aromatic carbocycles. The Bertz CT molecular complexity index is 332. The number of nitrogens with one attached hydrogen (secondary N) is 2. The zero-order chi connectivity index (χ0) is 14.6. The third-order valence-electron chi connectivity index (χ3n) is 3.40. The maximum Gasteiger partial charge on any atom is 0.315 e. The van der Waals surface area contributed by atoms with Gasteiger partial charge in [-0.2, -0.15) is 0 Å². The van der Waals surface area contributed by atoms with E-state index in [1.807, 2.05) is 27.7 Å². The van der Waals surface area contributed by atoms with Gasteiger partial charge in [-0.3, -0.25) is 4.79 Å². The molecule has 0 heterocycles. The fourth-order valence-corrected chi connectivity index (χ4v) is 2.17. The van der Waals surface area contributed by atoms with Crippen molar-refractivity contribution < 1.29 is 14.7 Å². The molecule has 5 heteroatoms. The number of hydrogen-bond acceptors (Lipinski definition) is 2. The molecule has 1 aliphatic carbocycles. The number of carbonyl (C=O) groups excluding carboxylic acids is 1. The molecule has 1 saturated carbocycles. The van der Waals surface area contributed by atoms with Crippen molar-refractivity contribution in [3.05, 3.63) is 0 Å². The summed E-state index contributed by atoms with van der Waals surface area (Å²) in [5, 5.41) is 14.7. The molecule has 2 atom stereocenters. The van der Waals surface area contributed by atoms with Gasteiger partial charge in [0.25, 0.3) is 0 Å². The molecule has 110 valence electrons. The Labute approximate surface area is 115 Å². The predicted molar refractivity (Wildman–Crippen MR) is 73.9 cm³/mol. The van der Waals surface area contributed by atoms with Crippen LogP contribution in [0.25, 0.3) is 0 Å². The van der Waals surface area contributed by atoms with Gasteiger partial charge in [-0.05, 0) is 37.5 Å². The molecule has 0 spiro atoms. The molecule has 1 aliphatic rings. The van der Waals surface area contributed by atoms with Crippen LogP contribution < -0.4 is 10.6 Å². The van der Waals surface area contributed by atoms with Crippen LogP contribution in [0.4, 0.5) is 4.79 Å². The second-order valence-electron chi connectivity index (χ2n) is 6.78. The highest BCUT2D eigenvalue weighted by molar-refractivity contribution is 5.76. The molecular formula is C14H26N2O3. The standard InChI is InChI=1S/C14H26N2O3/c1-9(10-5-6-10)16-13(19)15-8-11(12(17)18)7-14(2,3)4/h9-11H,5-8H2,1-4H3,(H,17,18)(H2,15,16,19). The number of aliphatic carboxylic acids is 1. The Hall–Kier alpha value is -1.26. The van der Waals surface area contributed by atoms with Crippen LogP contribution in [0.5, 0.6) is 0 Å². The second kappa shape index (κ2) is 6.26. The summed E-state index contributed by atoms with van der Waals surface area (Å²) in [6.07, 6.45) is 2.88. The van der Waals surface area contributed by atoms with E-state index in [2.05, 4.69) is 10.6 Å². The second-order valence-corrected chi connectivity index (χ2v) is 6.78. The SMILES string of the molecule is CC(NC(=O)NCC(CC(C)(C)C)C(=O)O)C1CC1. The van der Waals surface area contributed by atoms with E-state index >= 15 is 0 Å². The summed E-state index contributed by atoms with van der Waals surface area (Å²) in [6, 6.07) is -0.0922. The van der Waals surface area contributed by atoms with Crippen molar-refractivity contribution in [2.45, 2.75) is 53.0 Å². The molecule has 5 nitrogen and oxygen atoms in total. The topological polar surface area (TPSA) is 78.4 Å². The number of carbonyl (C=O) groups is 2.